The molecule has 0 fully saturated rings. The van der Waals surface area contributed by atoms with Crippen molar-refractivity contribution in [2.75, 3.05) is 12.9 Å². The minimum Gasteiger partial charge on any atom is -0.466 e. The van der Waals surface area contributed by atoms with Gasteiger partial charge in [-0.2, -0.15) is 4.68 Å². The van der Waals surface area contributed by atoms with E-state index in [4.69, 9.17) is 0 Å². The van der Waals surface area contributed by atoms with E-state index in [1.165, 1.54) is 13.2 Å². The van der Waals surface area contributed by atoms with Crippen molar-refractivity contribution in [3.8, 4) is 5.69 Å². The second-order valence-corrected chi connectivity index (χ2v) is 5.38. The van der Waals surface area contributed by atoms with Gasteiger partial charge in [0, 0.05) is 11.8 Å². The van der Waals surface area contributed by atoms with Crippen LogP contribution in [0.3, 0.4) is 0 Å². The molecular formula is C14H16N4O2S. The number of esters is 1. The monoisotopic (exact) mass is 304 g/mol. The van der Waals surface area contributed by atoms with E-state index in [9.17, 15) is 4.79 Å². The molecule has 0 saturated carbocycles. The number of tetrazole rings is 1. The molecule has 0 aliphatic carbocycles. The summed E-state index contributed by atoms with van der Waals surface area (Å²) in [5, 5.41) is 12.5. The Bertz CT molecular complexity index is 625. The summed E-state index contributed by atoms with van der Waals surface area (Å²) in [5.74, 6) is 0.457. The second kappa shape index (κ2) is 7.58. The van der Waals surface area contributed by atoms with Gasteiger partial charge in [-0.1, -0.05) is 35.5 Å². The highest BCUT2D eigenvalue weighted by Gasteiger charge is 2.08. The molecule has 0 spiro atoms. The van der Waals surface area contributed by atoms with Gasteiger partial charge < -0.3 is 4.74 Å². The molecule has 0 N–H and O–H groups in total. The maximum absolute atomic E-state index is 11.1. The highest BCUT2D eigenvalue weighted by atomic mass is 32.2. The summed E-state index contributed by atoms with van der Waals surface area (Å²) in [4.78, 5) is 11.1. The summed E-state index contributed by atoms with van der Waals surface area (Å²) in [6.07, 6.45) is 2.27. The molecule has 6 nitrogen and oxygen atoms in total. The maximum atomic E-state index is 11.1. The molecule has 0 unspecified atom stereocenters. The average Bonchev–Trinajstić information content (AvgIpc) is 2.96. The van der Waals surface area contributed by atoms with Crippen molar-refractivity contribution in [1.82, 2.24) is 20.2 Å². The number of carbonyl (C=O) groups is 1. The van der Waals surface area contributed by atoms with Gasteiger partial charge in [0.05, 0.1) is 12.8 Å². The Morgan fingerprint density at radius 1 is 1.38 bits per heavy atom. The number of allylic oxidation sites excluding steroid dienone is 1. The normalized spacial score (nSPS) is 11.4. The molecule has 110 valence electrons. The lowest BCUT2D eigenvalue weighted by molar-refractivity contribution is -0.134. The van der Waals surface area contributed by atoms with Crippen LogP contribution in [0.15, 0.2) is 47.1 Å². The van der Waals surface area contributed by atoms with Crippen molar-refractivity contribution in [1.29, 1.82) is 0 Å². The van der Waals surface area contributed by atoms with Crippen molar-refractivity contribution >= 4 is 17.7 Å². The van der Waals surface area contributed by atoms with Crippen LogP contribution >= 0.6 is 11.8 Å². The Balaban J connectivity index is 1.95. The van der Waals surface area contributed by atoms with Gasteiger partial charge in [0.2, 0.25) is 5.16 Å². The predicted molar refractivity (Wildman–Crippen MR) is 80.3 cm³/mol. The van der Waals surface area contributed by atoms with Crippen LogP contribution in [-0.4, -0.2) is 39.0 Å². The number of hydrogen-bond donors (Lipinski definition) is 0. The molecular weight excluding hydrogens is 288 g/mol. The zero-order valence-corrected chi connectivity index (χ0v) is 12.7. The molecule has 0 amide bonds. The van der Waals surface area contributed by atoms with Gasteiger partial charge in [0.25, 0.3) is 0 Å². The lowest BCUT2D eigenvalue weighted by Crippen LogP contribution is -1.99. The zero-order chi connectivity index (χ0) is 15.1. The standard InChI is InChI=1S/C14H16N4O2S/c1-11(10-13(19)20-2)8-9-21-14-15-16-17-18(14)12-6-4-3-5-7-12/h3-7,10H,8-9H2,1-2H3/b11-10+. The fourth-order valence-corrected chi connectivity index (χ4v) is 2.60. The smallest absolute Gasteiger partial charge is 0.330 e. The number of para-hydroxylation sites is 1. The van der Waals surface area contributed by atoms with Gasteiger partial charge in [-0.3, -0.25) is 0 Å². The van der Waals surface area contributed by atoms with Gasteiger partial charge in [-0.15, -0.1) is 5.10 Å². The third-order valence-corrected chi connectivity index (χ3v) is 3.66. The lowest BCUT2D eigenvalue weighted by Gasteiger charge is -2.04. The maximum Gasteiger partial charge on any atom is 0.330 e. The molecule has 0 saturated heterocycles. The number of carbonyl (C=O) groups excluding carboxylic acids is 1. The number of hydrogen-bond acceptors (Lipinski definition) is 6. The Morgan fingerprint density at radius 2 is 2.14 bits per heavy atom. The summed E-state index contributed by atoms with van der Waals surface area (Å²) < 4.78 is 6.29. The van der Waals surface area contributed by atoms with Crippen molar-refractivity contribution < 1.29 is 9.53 Å². The number of methoxy groups -OCH3 is 1. The first-order chi connectivity index (χ1) is 10.2. The number of thioether (sulfide) groups is 1. The van der Waals surface area contributed by atoms with Gasteiger partial charge in [-0.25, -0.2) is 4.79 Å². The summed E-state index contributed by atoms with van der Waals surface area (Å²) in [7, 11) is 1.37. The summed E-state index contributed by atoms with van der Waals surface area (Å²) in [6, 6.07) is 9.72. The van der Waals surface area contributed by atoms with Crippen LogP contribution in [0.4, 0.5) is 0 Å². The first kappa shape index (κ1) is 15.2. The number of aromatic nitrogens is 4. The molecule has 0 atom stereocenters. The van der Waals surface area contributed by atoms with Gasteiger partial charge in [0.15, 0.2) is 0 Å². The molecule has 1 aromatic heterocycles. The van der Waals surface area contributed by atoms with Crippen LogP contribution in [0.2, 0.25) is 0 Å². The highest BCUT2D eigenvalue weighted by Crippen LogP contribution is 2.20. The van der Waals surface area contributed by atoms with Gasteiger partial charge in [0.1, 0.15) is 0 Å². The van der Waals surface area contributed by atoms with E-state index in [2.05, 4.69) is 20.3 Å². The van der Waals surface area contributed by atoms with Crippen molar-refractivity contribution in [3.05, 3.63) is 42.0 Å². The number of rotatable bonds is 6. The Kier molecular flexibility index (Phi) is 5.51. The van der Waals surface area contributed by atoms with E-state index >= 15 is 0 Å². The highest BCUT2D eigenvalue weighted by molar-refractivity contribution is 7.99. The van der Waals surface area contributed by atoms with Crippen LogP contribution < -0.4 is 0 Å². The van der Waals surface area contributed by atoms with Crippen LogP contribution in [0, 0.1) is 0 Å². The molecule has 7 heteroatoms. The molecule has 21 heavy (non-hydrogen) atoms. The van der Waals surface area contributed by atoms with Crippen LogP contribution in [-0.2, 0) is 9.53 Å². The third-order valence-electron chi connectivity index (χ3n) is 2.73. The Morgan fingerprint density at radius 3 is 2.86 bits per heavy atom. The SMILES string of the molecule is COC(=O)/C=C(\C)CCSc1nnnn1-c1ccccc1. The number of nitrogens with zero attached hydrogens (tertiary/aromatic N) is 4. The second-order valence-electron chi connectivity index (χ2n) is 4.32. The molecule has 2 rings (SSSR count). The fourth-order valence-electron chi connectivity index (χ4n) is 1.64. The Hall–Kier alpha value is -2.15. The quantitative estimate of drug-likeness (QED) is 0.463. The van der Waals surface area contributed by atoms with Gasteiger partial charge in [-0.05, 0) is 35.9 Å². The molecule has 0 aliphatic heterocycles. The molecule has 0 aliphatic rings. The minimum absolute atomic E-state index is 0.327. The van der Waals surface area contributed by atoms with E-state index in [-0.39, 0.29) is 5.97 Å². The third kappa shape index (κ3) is 4.42. The van der Waals surface area contributed by atoms with Crippen molar-refractivity contribution in [2.24, 2.45) is 0 Å². The summed E-state index contributed by atoms with van der Waals surface area (Å²) >= 11 is 1.55. The van der Waals surface area contributed by atoms with Gasteiger partial charge >= 0.3 is 5.97 Å². The minimum atomic E-state index is -0.327. The first-order valence-corrected chi connectivity index (χ1v) is 7.41. The van der Waals surface area contributed by atoms with E-state index in [1.807, 2.05) is 37.3 Å². The molecule has 0 radical (unpaired) electrons. The van der Waals surface area contributed by atoms with Crippen LogP contribution in [0.1, 0.15) is 13.3 Å². The van der Waals surface area contributed by atoms with E-state index < -0.39 is 0 Å². The average molecular weight is 304 g/mol. The zero-order valence-electron chi connectivity index (χ0n) is 11.9. The van der Waals surface area contributed by atoms with Crippen molar-refractivity contribution in [3.63, 3.8) is 0 Å². The largest absolute Gasteiger partial charge is 0.466 e. The van der Waals surface area contributed by atoms with E-state index in [0.717, 1.165) is 28.6 Å². The lowest BCUT2D eigenvalue weighted by atomic mass is 10.2. The van der Waals surface area contributed by atoms with E-state index in [1.54, 1.807) is 16.4 Å². The molecule has 1 aromatic carbocycles. The van der Waals surface area contributed by atoms with Crippen LogP contribution in [0.5, 0.6) is 0 Å². The molecule has 0 bridgehead atoms. The number of benzene rings is 1. The summed E-state index contributed by atoms with van der Waals surface area (Å²) in [6.45, 7) is 1.90. The topological polar surface area (TPSA) is 69.9 Å². The number of ether oxygens (including phenoxy) is 1. The molecule has 1 heterocycles. The first-order valence-electron chi connectivity index (χ1n) is 6.42. The predicted octanol–water partition coefficient (Wildman–Crippen LogP) is 2.26. The summed E-state index contributed by atoms with van der Waals surface area (Å²) in [5.41, 5.74) is 1.89. The fraction of sp³-hybridized carbons (Fsp3) is 0.286. The van der Waals surface area contributed by atoms with E-state index in [0.29, 0.717) is 0 Å². The van der Waals surface area contributed by atoms with Crippen molar-refractivity contribution in [2.45, 2.75) is 18.5 Å². The molecule has 2 aromatic rings. The Labute approximate surface area is 127 Å². The van der Waals surface area contributed by atoms with Crippen LogP contribution in [0.25, 0.3) is 5.69 Å².